The molecule has 1 aromatic heterocycles. The Hall–Kier alpha value is -1.59. The van der Waals surface area contributed by atoms with Gasteiger partial charge in [0.15, 0.2) is 5.82 Å². The number of nitrogens with zero attached hydrogens (tertiary/aromatic N) is 3. The Balaban J connectivity index is 1.99. The molecule has 0 radical (unpaired) electrons. The number of hydrogen-bond acceptors (Lipinski definition) is 5. The number of ether oxygens (including phenoxy) is 1. The molecule has 0 unspecified atom stereocenters. The van der Waals surface area contributed by atoms with Crippen molar-refractivity contribution in [2.75, 3.05) is 13.1 Å². The summed E-state index contributed by atoms with van der Waals surface area (Å²) < 4.78 is 10.9. The van der Waals surface area contributed by atoms with E-state index in [1.54, 1.807) is 4.90 Å². The van der Waals surface area contributed by atoms with Crippen LogP contribution in [0.5, 0.6) is 0 Å². The van der Waals surface area contributed by atoms with Gasteiger partial charge in [0, 0.05) is 19.0 Å². The largest absolute Gasteiger partial charge is 0.444 e. The molecule has 1 fully saturated rings. The number of amides is 1. The van der Waals surface area contributed by atoms with Gasteiger partial charge in [-0.15, -0.1) is 0 Å². The molecule has 1 aromatic rings. The summed E-state index contributed by atoms with van der Waals surface area (Å²) in [7, 11) is 0. The van der Waals surface area contributed by atoms with E-state index in [0.717, 1.165) is 18.7 Å². The smallest absolute Gasteiger partial charge is 0.410 e. The predicted molar refractivity (Wildman–Crippen MR) is 82.8 cm³/mol. The Bertz CT molecular complexity index is 523. The van der Waals surface area contributed by atoms with Crippen molar-refractivity contribution in [1.82, 2.24) is 15.0 Å². The average molecular weight is 309 g/mol. The maximum absolute atomic E-state index is 12.1. The summed E-state index contributed by atoms with van der Waals surface area (Å²) in [4.78, 5) is 18.4. The topological polar surface area (TPSA) is 68.5 Å². The van der Waals surface area contributed by atoms with Crippen LogP contribution in [0.1, 0.15) is 72.0 Å². The number of piperidine rings is 1. The zero-order chi connectivity index (χ0) is 16.5. The lowest BCUT2D eigenvalue weighted by atomic mass is 9.80. The first-order valence-electron chi connectivity index (χ1n) is 7.93. The highest BCUT2D eigenvalue weighted by molar-refractivity contribution is 5.68. The van der Waals surface area contributed by atoms with Crippen LogP contribution in [0.4, 0.5) is 4.79 Å². The molecule has 0 bridgehead atoms. The van der Waals surface area contributed by atoms with Crippen LogP contribution in [0.2, 0.25) is 0 Å². The van der Waals surface area contributed by atoms with Crippen LogP contribution < -0.4 is 0 Å². The van der Waals surface area contributed by atoms with Crippen LogP contribution in [0.15, 0.2) is 4.52 Å². The lowest BCUT2D eigenvalue weighted by Crippen LogP contribution is -2.45. The van der Waals surface area contributed by atoms with Gasteiger partial charge < -0.3 is 14.2 Å². The highest BCUT2D eigenvalue weighted by Gasteiger charge is 2.39. The van der Waals surface area contributed by atoms with Crippen molar-refractivity contribution in [3.8, 4) is 0 Å². The van der Waals surface area contributed by atoms with Crippen LogP contribution in [-0.2, 0) is 10.2 Å². The van der Waals surface area contributed by atoms with Gasteiger partial charge in [-0.05, 0) is 33.6 Å². The first kappa shape index (κ1) is 16.8. The van der Waals surface area contributed by atoms with Crippen LogP contribution in [-0.4, -0.2) is 39.8 Å². The molecule has 22 heavy (non-hydrogen) atoms. The summed E-state index contributed by atoms with van der Waals surface area (Å²) in [5.74, 6) is 1.67. The SMILES string of the molecule is CC(C)c1noc(C2(C)CCN(C(=O)OC(C)(C)C)CC2)n1. The number of rotatable bonds is 2. The van der Waals surface area contributed by atoms with E-state index >= 15 is 0 Å². The molecule has 6 nitrogen and oxygen atoms in total. The van der Waals surface area contributed by atoms with Crippen molar-refractivity contribution in [2.24, 2.45) is 0 Å². The molecule has 1 aliphatic rings. The standard InChI is InChI=1S/C16H27N3O3/c1-11(2)12-17-13(22-18-12)16(6)7-9-19(10-8-16)14(20)21-15(3,4)5/h11H,7-10H2,1-6H3. The fourth-order valence-electron chi connectivity index (χ4n) is 2.44. The summed E-state index contributed by atoms with van der Waals surface area (Å²) in [5, 5.41) is 4.05. The summed E-state index contributed by atoms with van der Waals surface area (Å²) >= 11 is 0. The number of likely N-dealkylation sites (tertiary alicyclic amines) is 1. The minimum atomic E-state index is -0.462. The maximum Gasteiger partial charge on any atom is 0.410 e. The molecule has 6 heteroatoms. The van der Waals surface area contributed by atoms with Gasteiger partial charge in [-0.2, -0.15) is 4.98 Å². The fourth-order valence-corrected chi connectivity index (χ4v) is 2.44. The van der Waals surface area contributed by atoms with Crippen LogP contribution in [0.3, 0.4) is 0 Å². The van der Waals surface area contributed by atoms with Crippen molar-refractivity contribution in [3.05, 3.63) is 11.7 Å². The van der Waals surface area contributed by atoms with E-state index in [-0.39, 0.29) is 17.4 Å². The number of carbonyl (C=O) groups is 1. The highest BCUT2D eigenvalue weighted by atomic mass is 16.6. The molecular formula is C16H27N3O3. The molecule has 1 saturated heterocycles. The molecule has 0 N–H and O–H groups in total. The van der Waals surface area contributed by atoms with Gasteiger partial charge in [0.1, 0.15) is 5.60 Å². The van der Waals surface area contributed by atoms with E-state index in [2.05, 4.69) is 17.1 Å². The molecular weight excluding hydrogens is 282 g/mol. The van der Waals surface area contributed by atoms with Gasteiger partial charge in [0.2, 0.25) is 5.89 Å². The second-order valence-corrected chi connectivity index (χ2v) is 7.64. The molecule has 2 rings (SSSR count). The number of carbonyl (C=O) groups excluding carboxylic acids is 1. The third-order valence-corrected chi connectivity index (χ3v) is 3.99. The van der Waals surface area contributed by atoms with Gasteiger partial charge in [-0.1, -0.05) is 25.9 Å². The minimum absolute atomic E-state index is 0.168. The first-order valence-corrected chi connectivity index (χ1v) is 7.93. The summed E-state index contributed by atoms with van der Waals surface area (Å²) in [5.41, 5.74) is -0.630. The third-order valence-electron chi connectivity index (χ3n) is 3.99. The summed E-state index contributed by atoms with van der Waals surface area (Å²) in [6.45, 7) is 13.1. The highest BCUT2D eigenvalue weighted by Crippen LogP contribution is 2.34. The Labute approximate surface area is 132 Å². The second kappa shape index (κ2) is 5.89. The van der Waals surface area contributed by atoms with E-state index in [4.69, 9.17) is 9.26 Å². The van der Waals surface area contributed by atoms with Crippen LogP contribution in [0, 0.1) is 0 Å². The van der Waals surface area contributed by atoms with Crippen molar-refractivity contribution in [3.63, 3.8) is 0 Å². The molecule has 0 spiro atoms. The molecule has 1 amide bonds. The van der Waals surface area contributed by atoms with Crippen molar-refractivity contribution in [2.45, 2.75) is 71.3 Å². The second-order valence-electron chi connectivity index (χ2n) is 7.64. The number of hydrogen-bond donors (Lipinski definition) is 0. The number of aromatic nitrogens is 2. The van der Waals surface area contributed by atoms with E-state index in [0.29, 0.717) is 19.0 Å². The van der Waals surface area contributed by atoms with E-state index < -0.39 is 5.60 Å². The summed E-state index contributed by atoms with van der Waals surface area (Å²) in [6, 6.07) is 0. The zero-order valence-electron chi connectivity index (χ0n) is 14.5. The van der Waals surface area contributed by atoms with E-state index in [1.807, 2.05) is 34.6 Å². The average Bonchev–Trinajstić information content (AvgIpc) is 2.87. The molecule has 0 atom stereocenters. The van der Waals surface area contributed by atoms with Crippen molar-refractivity contribution >= 4 is 6.09 Å². The monoisotopic (exact) mass is 309 g/mol. The minimum Gasteiger partial charge on any atom is -0.444 e. The molecule has 0 saturated carbocycles. The lowest BCUT2D eigenvalue weighted by Gasteiger charge is -2.37. The lowest BCUT2D eigenvalue weighted by molar-refractivity contribution is 0.0156. The summed E-state index contributed by atoms with van der Waals surface area (Å²) in [6.07, 6.45) is 1.35. The Morgan fingerprint density at radius 2 is 1.91 bits per heavy atom. The predicted octanol–water partition coefficient (Wildman–Crippen LogP) is 3.48. The Morgan fingerprint density at radius 3 is 2.36 bits per heavy atom. The van der Waals surface area contributed by atoms with Crippen LogP contribution in [0.25, 0.3) is 0 Å². The van der Waals surface area contributed by atoms with Crippen LogP contribution >= 0.6 is 0 Å². The van der Waals surface area contributed by atoms with Gasteiger partial charge in [-0.3, -0.25) is 0 Å². The molecule has 124 valence electrons. The van der Waals surface area contributed by atoms with Gasteiger partial charge in [0.25, 0.3) is 0 Å². The molecule has 0 aromatic carbocycles. The molecule has 1 aliphatic heterocycles. The van der Waals surface area contributed by atoms with Gasteiger partial charge >= 0.3 is 6.09 Å². The zero-order valence-corrected chi connectivity index (χ0v) is 14.5. The molecule has 0 aliphatic carbocycles. The van der Waals surface area contributed by atoms with E-state index in [9.17, 15) is 4.79 Å². The Kier molecular flexibility index (Phi) is 4.49. The fraction of sp³-hybridized carbons (Fsp3) is 0.812. The van der Waals surface area contributed by atoms with E-state index in [1.165, 1.54) is 0 Å². The van der Waals surface area contributed by atoms with Crippen molar-refractivity contribution < 1.29 is 14.1 Å². The third kappa shape index (κ3) is 3.78. The quantitative estimate of drug-likeness (QED) is 0.836. The molecule has 2 heterocycles. The first-order chi connectivity index (χ1) is 10.1. The Morgan fingerprint density at radius 1 is 1.32 bits per heavy atom. The van der Waals surface area contributed by atoms with Gasteiger partial charge in [-0.25, -0.2) is 4.79 Å². The van der Waals surface area contributed by atoms with Crippen molar-refractivity contribution in [1.29, 1.82) is 0 Å². The maximum atomic E-state index is 12.1. The normalized spacial score (nSPS) is 18.6. The van der Waals surface area contributed by atoms with Gasteiger partial charge in [0.05, 0.1) is 5.41 Å².